The lowest BCUT2D eigenvalue weighted by Gasteiger charge is -2.41. The minimum Gasteiger partial charge on any atom is -0.488 e. The molecule has 10 rings (SSSR count). The number of nitrogens with zero attached hydrogens (tertiary/aromatic N) is 5. The van der Waals surface area contributed by atoms with Crippen LogP contribution in [0.4, 0.5) is 28.2 Å². The minimum atomic E-state index is -1.10. The number of anilines is 1. The van der Waals surface area contributed by atoms with Crippen molar-refractivity contribution in [2.75, 3.05) is 78.1 Å². The third-order valence-electron chi connectivity index (χ3n) is 17.2. The van der Waals surface area contributed by atoms with Crippen LogP contribution in [0.5, 0.6) is 11.5 Å². The fraction of sp³-hybridized carbons (Fsp3) is 0.500. The van der Waals surface area contributed by atoms with Crippen molar-refractivity contribution in [3.63, 3.8) is 0 Å². The van der Waals surface area contributed by atoms with Gasteiger partial charge in [0.15, 0.2) is 28.8 Å². The quantitative estimate of drug-likeness (QED) is 0.0682. The zero-order valence-corrected chi connectivity index (χ0v) is 45.4. The third kappa shape index (κ3) is 10.3. The number of hydrogen-bond acceptors (Lipinski definition) is 10. The number of aromatic nitrogens is 2. The van der Waals surface area contributed by atoms with Gasteiger partial charge in [0, 0.05) is 113 Å². The molecule has 416 valence electrons. The van der Waals surface area contributed by atoms with Crippen molar-refractivity contribution in [3.05, 3.63) is 105 Å². The van der Waals surface area contributed by atoms with Gasteiger partial charge in [0.2, 0.25) is 11.8 Å². The Morgan fingerprint density at radius 3 is 2.32 bits per heavy atom. The minimum absolute atomic E-state index is 0.0138. The molecule has 20 heteroatoms. The maximum atomic E-state index is 16.8. The third-order valence-corrected chi connectivity index (χ3v) is 17.5. The second-order valence-corrected chi connectivity index (χ2v) is 22.2. The number of urea groups is 1. The van der Waals surface area contributed by atoms with Crippen molar-refractivity contribution in [2.24, 2.45) is 24.8 Å². The topological polar surface area (TPSA) is 160 Å². The summed E-state index contributed by atoms with van der Waals surface area (Å²) < 4.78 is 84.3. The lowest BCUT2D eigenvalue weighted by molar-refractivity contribution is -0.138. The lowest BCUT2D eigenvalue weighted by atomic mass is 9.77. The molecule has 5 aromatic rings. The molecule has 1 aliphatic carbocycles. The van der Waals surface area contributed by atoms with Crippen LogP contribution in [0, 0.1) is 41.0 Å². The zero-order chi connectivity index (χ0) is 55.2. The summed E-state index contributed by atoms with van der Waals surface area (Å²) >= 11 is 6.83. The maximum Gasteiger partial charge on any atom is 0.329 e. The number of likely N-dealkylation sites (tertiary alicyclic amines) is 2. The van der Waals surface area contributed by atoms with E-state index in [1.807, 2.05) is 49.1 Å². The second kappa shape index (κ2) is 22.8. The molecular formula is C58H67ClF4N8O7. The number of halogens is 5. The number of imide groups is 1. The highest BCUT2D eigenvalue weighted by Gasteiger charge is 2.50. The zero-order valence-electron chi connectivity index (χ0n) is 44.7. The monoisotopic (exact) mass is 1100 g/mol. The van der Waals surface area contributed by atoms with E-state index < -0.39 is 52.6 Å². The summed E-state index contributed by atoms with van der Waals surface area (Å²) in [7, 11) is 4.49. The van der Waals surface area contributed by atoms with Crippen LogP contribution in [0.2, 0.25) is 5.02 Å². The van der Waals surface area contributed by atoms with E-state index in [0.717, 1.165) is 37.8 Å². The Bertz CT molecular complexity index is 3110. The Balaban J connectivity index is 0.751. The van der Waals surface area contributed by atoms with Crippen LogP contribution >= 0.6 is 11.6 Å². The van der Waals surface area contributed by atoms with Gasteiger partial charge >= 0.3 is 6.03 Å². The Kier molecular flexibility index (Phi) is 16.1. The second-order valence-electron chi connectivity index (χ2n) is 21.8. The molecule has 0 spiro atoms. The number of piperidine rings is 2. The van der Waals surface area contributed by atoms with E-state index in [0.29, 0.717) is 63.5 Å². The van der Waals surface area contributed by atoms with E-state index in [9.17, 15) is 19.2 Å². The first-order chi connectivity index (χ1) is 37.5. The van der Waals surface area contributed by atoms with Gasteiger partial charge in [-0.2, -0.15) is 5.10 Å². The number of benzene rings is 4. The summed E-state index contributed by atoms with van der Waals surface area (Å²) in [6.45, 7) is 8.10. The summed E-state index contributed by atoms with van der Waals surface area (Å²) in [5.41, 5.74) is 0.0826. The van der Waals surface area contributed by atoms with Gasteiger partial charge in [-0.3, -0.25) is 29.3 Å². The number of aryl methyl sites for hydroxylation is 1. The van der Waals surface area contributed by atoms with Crippen LogP contribution in [0.1, 0.15) is 104 Å². The SMILES string of the molecule is CNC(=O)c1ccc(OCCOC)c(F)c1-c1c(Cl)c(F)cc2c1[C@H](C)[C@@](CNC1CCC(C(=O)N3CCC(CN4CC[C@@H](c5c(F)cc6c(N7CCC(=O)NC7=O)nn(C)c6c5F)[C@@H](C)C4)CC3)CC1)(c1ccccc1)O2. The molecule has 4 aliphatic heterocycles. The average molecular weight is 1100 g/mol. The molecule has 0 unspecified atom stereocenters. The number of carbonyl (C=O) groups is 4. The molecule has 4 aromatic carbocycles. The van der Waals surface area contributed by atoms with Crippen LogP contribution in [0.25, 0.3) is 22.0 Å². The highest BCUT2D eigenvalue weighted by molar-refractivity contribution is 6.34. The summed E-state index contributed by atoms with van der Waals surface area (Å²) in [5, 5.41) is 12.8. The Labute approximate surface area is 456 Å². The first-order valence-corrected chi connectivity index (χ1v) is 27.5. The number of nitrogens with one attached hydrogen (secondary N) is 3. The molecule has 1 aromatic heterocycles. The van der Waals surface area contributed by atoms with E-state index in [-0.39, 0.29) is 111 Å². The standard InChI is InChI=1S/C58H67ClF4N8O7/c1-32-29-69(21-19-38(32)47-41(60)27-40-53(52(47)63)68(4)67-54(40)71-24-20-45(72)66-57(71)75)30-34-17-22-70(23-18-34)56(74)35-11-13-37(14-12-35)65-31-58(36-9-7-6-8-10-36)33(2)46-44(78-58)28-42(61)50(59)49(46)48-39(55(73)64-3)15-16-43(51(48)62)77-26-25-76-5/h6-10,15-16,27-28,32-35,37-38,65H,11-14,17-26,29-31H2,1-5H3,(H,64,73)(H,66,72,75)/t32-,33-,35?,37?,38+,58-/m0/s1. The Hall–Kier alpha value is -6.28. The molecule has 78 heavy (non-hydrogen) atoms. The predicted molar refractivity (Wildman–Crippen MR) is 287 cm³/mol. The number of methoxy groups -OCH3 is 1. The lowest BCUT2D eigenvalue weighted by Crippen LogP contribution is -2.49. The first kappa shape index (κ1) is 55.1. The van der Waals surface area contributed by atoms with Crippen molar-refractivity contribution in [1.82, 2.24) is 35.5 Å². The van der Waals surface area contributed by atoms with Crippen molar-refractivity contribution in [2.45, 2.75) is 88.7 Å². The summed E-state index contributed by atoms with van der Waals surface area (Å²) in [6, 6.07) is 14.3. The van der Waals surface area contributed by atoms with Gasteiger partial charge in [0.1, 0.15) is 29.5 Å². The van der Waals surface area contributed by atoms with Crippen molar-refractivity contribution in [3.8, 4) is 22.6 Å². The molecule has 3 N–H and O–H groups in total. The number of amides is 5. The van der Waals surface area contributed by atoms with Gasteiger partial charge in [-0.05, 0) is 93.0 Å². The van der Waals surface area contributed by atoms with Crippen molar-refractivity contribution < 1.29 is 51.0 Å². The fourth-order valence-corrected chi connectivity index (χ4v) is 13.2. The van der Waals surface area contributed by atoms with Crippen LogP contribution in [-0.4, -0.2) is 123 Å². The smallest absolute Gasteiger partial charge is 0.329 e. The molecule has 4 atom stereocenters. The van der Waals surface area contributed by atoms with E-state index >= 15 is 17.6 Å². The van der Waals surface area contributed by atoms with Crippen molar-refractivity contribution >= 4 is 52.1 Å². The molecule has 0 bridgehead atoms. The number of ether oxygens (including phenoxy) is 3. The molecule has 1 saturated carbocycles. The molecule has 5 aliphatic rings. The molecule has 0 radical (unpaired) electrons. The number of fused-ring (bicyclic) bond motifs is 2. The highest BCUT2D eigenvalue weighted by Crippen LogP contribution is 2.57. The molecule has 5 heterocycles. The first-order valence-electron chi connectivity index (χ1n) is 27.2. The van der Waals surface area contributed by atoms with Gasteiger partial charge in [-0.25, -0.2) is 22.4 Å². The van der Waals surface area contributed by atoms with Gasteiger partial charge in [-0.1, -0.05) is 55.8 Å². The van der Waals surface area contributed by atoms with Gasteiger partial charge in [0.05, 0.1) is 22.6 Å². The predicted octanol–water partition coefficient (Wildman–Crippen LogP) is 9.19. The van der Waals surface area contributed by atoms with Crippen LogP contribution in [0.3, 0.4) is 0 Å². The van der Waals surface area contributed by atoms with E-state index in [1.165, 1.54) is 48.0 Å². The van der Waals surface area contributed by atoms with Crippen LogP contribution < -0.4 is 30.3 Å². The summed E-state index contributed by atoms with van der Waals surface area (Å²) in [4.78, 5) is 57.4. The highest BCUT2D eigenvalue weighted by atomic mass is 35.5. The van der Waals surface area contributed by atoms with E-state index in [2.05, 4.69) is 25.9 Å². The van der Waals surface area contributed by atoms with Crippen LogP contribution in [0.15, 0.2) is 54.6 Å². The van der Waals surface area contributed by atoms with E-state index in [4.69, 9.17) is 25.8 Å². The van der Waals surface area contributed by atoms with Gasteiger partial charge in [-0.15, -0.1) is 0 Å². The molecule has 15 nitrogen and oxygen atoms in total. The van der Waals surface area contributed by atoms with Gasteiger partial charge in [0.25, 0.3) is 5.91 Å². The normalized spacial score (nSPS) is 24.1. The molecule has 5 amide bonds. The number of carbonyl (C=O) groups excluding carboxylic acids is 4. The average Bonchev–Trinajstić information content (AvgIpc) is 4.11. The maximum absolute atomic E-state index is 16.8. The van der Waals surface area contributed by atoms with Gasteiger partial charge < -0.3 is 34.6 Å². The Morgan fingerprint density at radius 1 is 0.885 bits per heavy atom. The number of rotatable bonds is 15. The number of hydrogen-bond donors (Lipinski definition) is 3. The van der Waals surface area contributed by atoms with E-state index in [1.54, 1.807) is 7.05 Å². The van der Waals surface area contributed by atoms with Crippen LogP contribution in [-0.2, 0) is 27.0 Å². The summed E-state index contributed by atoms with van der Waals surface area (Å²) in [5.74, 6) is -4.38. The molecular weight excluding hydrogens is 1030 g/mol. The fourth-order valence-electron chi connectivity index (χ4n) is 13.0. The largest absolute Gasteiger partial charge is 0.488 e. The molecule has 4 fully saturated rings. The van der Waals surface area contributed by atoms with Crippen molar-refractivity contribution in [1.29, 1.82) is 0 Å². The molecule has 3 saturated heterocycles. The Morgan fingerprint density at radius 2 is 1.63 bits per heavy atom. The summed E-state index contributed by atoms with van der Waals surface area (Å²) in [6.07, 6.45) is 5.29.